The van der Waals surface area contributed by atoms with Crippen LogP contribution < -0.4 is 15.5 Å². The summed E-state index contributed by atoms with van der Waals surface area (Å²) in [4.78, 5) is 13.4. The van der Waals surface area contributed by atoms with Gasteiger partial charge in [0.15, 0.2) is 0 Å². The second-order valence-corrected chi connectivity index (χ2v) is 6.25. The van der Waals surface area contributed by atoms with Crippen molar-refractivity contribution in [3.8, 4) is 0 Å². The molecular weight excluding hydrogens is 250 g/mol. The maximum atomic E-state index is 11.6. The Hall–Kier alpha value is -1.71. The number of anilines is 2. The van der Waals surface area contributed by atoms with Gasteiger partial charge in [0.2, 0.25) is 0 Å². The fraction of sp³-hybridized carbons (Fsp3) is 0.562. The van der Waals surface area contributed by atoms with Gasteiger partial charge < -0.3 is 10.6 Å². The standard InChI is InChI=1S/C16H23N3O/c1-11(2)12-9-14(10-12)18-13-3-5-15(6-4-13)19-8-7-17-16(19)20/h3-6,11-12,14,18H,7-10H2,1-2H3,(H,17,20). The Labute approximate surface area is 120 Å². The number of benzene rings is 1. The van der Waals surface area contributed by atoms with Gasteiger partial charge in [0.25, 0.3) is 0 Å². The Morgan fingerprint density at radius 1 is 1.25 bits per heavy atom. The van der Waals surface area contributed by atoms with E-state index in [1.807, 2.05) is 12.1 Å². The molecule has 1 aromatic carbocycles. The van der Waals surface area contributed by atoms with Crippen molar-refractivity contribution in [3.05, 3.63) is 24.3 Å². The third kappa shape index (κ3) is 2.60. The summed E-state index contributed by atoms with van der Waals surface area (Å²) >= 11 is 0. The van der Waals surface area contributed by atoms with E-state index in [-0.39, 0.29) is 6.03 Å². The van der Waals surface area contributed by atoms with Gasteiger partial charge in [-0.15, -0.1) is 0 Å². The van der Waals surface area contributed by atoms with Gasteiger partial charge in [-0.1, -0.05) is 13.8 Å². The van der Waals surface area contributed by atoms with E-state index in [0.29, 0.717) is 6.04 Å². The van der Waals surface area contributed by atoms with Crippen molar-refractivity contribution < 1.29 is 4.79 Å². The fourth-order valence-corrected chi connectivity index (χ4v) is 3.02. The van der Waals surface area contributed by atoms with Crippen LogP contribution in [0.1, 0.15) is 26.7 Å². The van der Waals surface area contributed by atoms with Crippen molar-refractivity contribution in [2.45, 2.75) is 32.7 Å². The summed E-state index contributed by atoms with van der Waals surface area (Å²) in [6.07, 6.45) is 2.54. The Morgan fingerprint density at radius 3 is 2.50 bits per heavy atom. The summed E-state index contributed by atoms with van der Waals surface area (Å²) in [5.74, 6) is 1.67. The highest BCUT2D eigenvalue weighted by Crippen LogP contribution is 2.35. The average Bonchev–Trinajstić information content (AvgIpc) is 2.80. The normalized spacial score (nSPS) is 25.6. The van der Waals surface area contributed by atoms with Gasteiger partial charge in [0.05, 0.1) is 0 Å². The molecule has 20 heavy (non-hydrogen) atoms. The number of hydrogen-bond donors (Lipinski definition) is 2. The number of hydrogen-bond acceptors (Lipinski definition) is 2. The summed E-state index contributed by atoms with van der Waals surface area (Å²) in [7, 11) is 0. The zero-order valence-electron chi connectivity index (χ0n) is 12.2. The van der Waals surface area contributed by atoms with Crippen LogP contribution in [0.2, 0.25) is 0 Å². The van der Waals surface area contributed by atoms with Gasteiger partial charge in [-0.2, -0.15) is 0 Å². The summed E-state index contributed by atoms with van der Waals surface area (Å²) in [5, 5.41) is 6.39. The molecule has 108 valence electrons. The lowest BCUT2D eigenvalue weighted by Gasteiger charge is -2.39. The number of amides is 2. The Kier molecular flexibility index (Phi) is 3.55. The highest BCUT2D eigenvalue weighted by atomic mass is 16.2. The van der Waals surface area contributed by atoms with Crippen LogP contribution in [0.4, 0.5) is 16.2 Å². The van der Waals surface area contributed by atoms with Gasteiger partial charge in [0.1, 0.15) is 0 Å². The molecule has 0 unspecified atom stereocenters. The molecule has 0 spiro atoms. The molecular formula is C16H23N3O. The third-order valence-corrected chi connectivity index (χ3v) is 4.52. The molecule has 3 rings (SSSR count). The van der Waals surface area contributed by atoms with E-state index in [2.05, 4.69) is 36.6 Å². The molecule has 0 aromatic heterocycles. The molecule has 1 aliphatic heterocycles. The molecule has 0 bridgehead atoms. The molecule has 0 radical (unpaired) electrons. The molecule has 1 heterocycles. The van der Waals surface area contributed by atoms with Crippen molar-refractivity contribution in [1.29, 1.82) is 0 Å². The number of nitrogens with one attached hydrogen (secondary N) is 2. The average molecular weight is 273 g/mol. The molecule has 4 nitrogen and oxygen atoms in total. The minimum Gasteiger partial charge on any atom is -0.382 e. The minimum absolute atomic E-state index is 0.00415. The molecule has 2 aliphatic rings. The first-order valence-electron chi connectivity index (χ1n) is 7.55. The summed E-state index contributed by atoms with van der Waals surface area (Å²) < 4.78 is 0. The SMILES string of the molecule is CC(C)C1CC(Nc2ccc(N3CCNC3=O)cc2)C1. The van der Waals surface area contributed by atoms with Crippen molar-refractivity contribution in [1.82, 2.24) is 5.32 Å². The zero-order chi connectivity index (χ0) is 14.1. The van der Waals surface area contributed by atoms with Crippen LogP contribution in [0.15, 0.2) is 24.3 Å². The first-order valence-corrected chi connectivity index (χ1v) is 7.55. The second kappa shape index (κ2) is 5.35. The number of carbonyl (C=O) groups excluding carboxylic acids is 1. The third-order valence-electron chi connectivity index (χ3n) is 4.52. The van der Waals surface area contributed by atoms with Crippen LogP contribution in [-0.4, -0.2) is 25.2 Å². The van der Waals surface area contributed by atoms with Gasteiger partial charge in [-0.05, 0) is 48.9 Å². The Morgan fingerprint density at radius 2 is 1.95 bits per heavy atom. The molecule has 1 aromatic rings. The lowest BCUT2D eigenvalue weighted by molar-refractivity contribution is 0.212. The molecule has 1 saturated heterocycles. The van der Waals surface area contributed by atoms with Gasteiger partial charge in [0, 0.05) is 30.5 Å². The van der Waals surface area contributed by atoms with E-state index < -0.39 is 0 Å². The molecule has 2 amide bonds. The number of carbonyl (C=O) groups is 1. The molecule has 4 heteroatoms. The number of rotatable bonds is 4. The van der Waals surface area contributed by atoms with E-state index in [1.54, 1.807) is 4.90 Å². The van der Waals surface area contributed by atoms with Gasteiger partial charge in [-0.3, -0.25) is 4.90 Å². The highest BCUT2D eigenvalue weighted by molar-refractivity contribution is 5.94. The zero-order valence-corrected chi connectivity index (χ0v) is 12.2. The molecule has 2 fully saturated rings. The molecule has 1 aliphatic carbocycles. The Bertz CT molecular complexity index is 477. The van der Waals surface area contributed by atoms with Crippen LogP contribution in [-0.2, 0) is 0 Å². The van der Waals surface area contributed by atoms with Crippen molar-refractivity contribution in [2.24, 2.45) is 11.8 Å². The predicted octanol–water partition coefficient (Wildman–Crippen LogP) is 3.06. The molecule has 2 N–H and O–H groups in total. The highest BCUT2D eigenvalue weighted by Gasteiger charge is 2.30. The summed E-state index contributed by atoms with van der Waals surface area (Å²) in [6.45, 7) is 6.09. The minimum atomic E-state index is 0.00415. The fourth-order valence-electron chi connectivity index (χ4n) is 3.02. The van der Waals surface area contributed by atoms with E-state index in [1.165, 1.54) is 12.8 Å². The predicted molar refractivity (Wildman–Crippen MR) is 82.2 cm³/mol. The molecule has 1 saturated carbocycles. The van der Waals surface area contributed by atoms with E-state index in [4.69, 9.17) is 0 Å². The van der Waals surface area contributed by atoms with Crippen LogP contribution in [0.3, 0.4) is 0 Å². The largest absolute Gasteiger partial charge is 0.382 e. The molecule has 0 atom stereocenters. The quantitative estimate of drug-likeness (QED) is 0.885. The van der Waals surface area contributed by atoms with Crippen molar-refractivity contribution in [2.75, 3.05) is 23.3 Å². The smallest absolute Gasteiger partial charge is 0.321 e. The number of nitrogens with zero attached hydrogens (tertiary/aromatic N) is 1. The van der Waals surface area contributed by atoms with E-state index in [9.17, 15) is 4.79 Å². The van der Waals surface area contributed by atoms with Crippen LogP contribution >= 0.6 is 0 Å². The van der Waals surface area contributed by atoms with E-state index in [0.717, 1.165) is 36.3 Å². The van der Waals surface area contributed by atoms with Gasteiger partial charge >= 0.3 is 6.03 Å². The second-order valence-electron chi connectivity index (χ2n) is 6.25. The Balaban J connectivity index is 1.56. The van der Waals surface area contributed by atoms with E-state index >= 15 is 0 Å². The topological polar surface area (TPSA) is 44.4 Å². The summed E-state index contributed by atoms with van der Waals surface area (Å²) in [5.41, 5.74) is 2.12. The maximum Gasteiger partial charge on any atom is 0.321 e. The van der Waals surface area contributed by atoms with Crippen LogP contribution in [0.5, 0.6) is 0 Å². The van der Waals surface area contributed by atoms with Gasteiger partial charge in [-0.25, -0.2) is 4.79 Å². The first kappa shape index (κ1) is 13.3. The monoisotopic (exact) mass is 273 g/mol. The maximum absolute atomic E-state index is 11.6. The summed E-state index contributed by atoms with van der Waals surface area (Å²) in [6, 6.07) is 8.80. The lowest BCUT2D eigenvalue weighted by Crippen LogP contribution is -2.37. The first-order chi connectivity index (χ1) is 9.63. The lowest BCUT2D eigenvalue weighted by atomic mass is 9.73. The van der Waals surface area contributed by atoms with Crippen LogP contribution in [0, 0.1) is 11.8 Å². The van der Waals surface area contributed by atoms with Crippen LogP contribution in [0.25, 0.3) is 0 Å². The number of urea groups is 1. The van der Waals surface area contributed by atoms with Crippen molar-refractivity contribution in [3.63, 3.8) is 0 Å². The van der Waals surface area contributed by atoms with Crippen molar-refractivity contribution >= 4 is 17.4 Å².